The van der Waals surface area contributed by atoms with Crippen LogP contribution in [0.4, 0.5) is 5.69 Å². The van der Waals surface area contributed by atoms with Gasteiger partial charge in [-0.15, -0.1) is 0 Å². The summed E-state index contributed by atoms with van der Waals surface area (Å²) >= 11 is 0. The molecule has 0 atom stereocenters. The maximum absolute atomic E-state index is 13.0. The molecule has 0 aliphatic carbocycles. The van der Waals surface area contributed by atoms with E-state index in [1.807, 2.05) is 73.7 Å². The summed E-state index contributed by atoms with van der Waals surface area (Å²) in [5, 5.41) is 3.91. The summed E-state index contributed by atoms with van der Waals surface area (Å²) in [5.41, 5.74) is 3.41. The van der Waals surface area contributed by atoms with Gasteiger partial charge in [-0.05, 0) is 19.1 Å². The molecule has 4 nitrogen and oxygen atoms in total. The van der Waals surface area contributed by atoms with E-state index in [1.165, 1.54) is 0 Å². The van der Waals surface area contributed by atoms with Gasteiger partial charge in [0.1, 0.15) is 5.58 Å². The zero-order valence-corrected chi connectivity index (χ0v) is 15.4. The first-order chi connectivity index (χ1) is 13.6. The lowest BCUT2D eigenvalue weighted by Crippen LogP contribution is -2.15. The van der Waals surface area contributed by atoms with Gasteiger partial charge in [0.15, 0.2) is 11.5 Å². The Bertz CT molecular complexity index is 1140. The van der Waals surface area contributed by atoms with Crippen molar-refractivity contribution in [2.45, 2.75) is 6.92 Å². The molecule has 3 aromatic carbocycles. The molecule has 1 N–H and O–H groups in total. The van der Waals surface area contributed by atoms with E-state index >= 15 is 0 Å². The van der Waals surface area contributed by atoms with E-state index in [1.54, 1.807) is 12.1 Å². The summed E-state index contributed by atoms with van der Waals surface area (Å²) in [7, 11) is 0. The Morgan fingerprint density at radius 1 is 0.821 bits per heavy atom. The zero-order valence-electron chi connectivity index (χ0n) is 15.4. The van der Waals surface area contributed by atoms with Gasteiger partial charge in [0.25, 0.3) is 0 Å². The number of rotatable bonds is 6. The van der Waals surface area contributed by atoms with E-state index in [-0.39, 0.29) is 23.9 Å². The van der Waals surface area contributed by atoms with Crippen LogP contribution in [-0.4, -0.2) is 18.1 Å². The lowest BCUT2D eigenvalue weighted by Gasteiger charge is -2.07. The Labute approximate surface area is 162 Å². The maximum atomic E-state index is 13.0. The van der Waals surface area contributed by atoms with Crippen LogP contribution in [0.25, 0.3) is 11.0 Å². The van der Waals surface area contributed by atoms with Crippen molar-refractivity contribution < 1.29 is 14.0 Å². The Kier molecular flexibility index (Phi) is 4.77. The fraction of sp³-hybridized carbons (Fsp3) is 0.0833. The quantitative estimate of drug-likeness (QED) is 0.471. The average Bonchev–Trinajstić information content (AvgIpc) is 3.11. The summed E-state index contributed by atoms with van der Waals surface area (Å²) in [6, 6.07) is 23.8. The molecule has 4 aromatic rings. The molecule has 0 saturated heterocycles. The van der Waals surface area contributed by atoms with E-state index in [9.17, 15) is 9.59 Å². The number of benzene rings is 3. The number of hydrogen-bond acceptors (Lipinski definition) is 4. The highest BCUT2D eigenvalue weighted by atomic mass is 16.3. The molecule has 0 spiro atoms. The number of ketones is 2. The Balaban J connectivity index is 1.66. The number of carbonyl (C=O) groups excluding carboxylic acids is 2. The predicted octanol–water partition coefficient (Wildman–Crippen LogP) is 5.27. The first-order valence-electron chi connectivity index (χ1n) is 9.08. The predicted molar refractivity (Wildman–Crippen MR) is 110 cm³/mol. The normalized spacial score (nSPS) is 10.8. The van der Waals surface area contributed by atoms with Crippen LogP contribution in [0.5, 0.6) is 0 Å². The Morgan fingerprint density at radius 2 is 1.50 bits per heavy atom. The largest absolute Gasteiger partial charge is 0.450 e. The second kappa shape index (κ2) is 7.53. The third kappa shape index (κ3) is 3.45. The topological polar surface area (TPSA) is 59.3 Å². The van der Waals surface area contributed by atoms with Crippen molar-refractivity contribution in [3.8, 4) is 0 Å². The number of fused-ring (bicyclic) bond motifs is 1. The van der Waals surface area contributed by atoms with E-state index in [4.69, 9.17) is 4.42 Å². The molecule has 0 fully saturated rings. The molecule has 4 heteroatoms. The number of carbonyl (C=O) groups is 2. The average molecular weight is 369 g/mol. The highest BCUT2D eigenvalue weighted by Gasteiger charge is 2.22. The summed E-state index contributed by atoms with van der Waals surface area (Å²) in [5.74, 6) is -0.0606. The molecular formula is C24H19NO3. The minimum absolute atomic E-state index is 0.0524. The number of aryl methyl sites for hydroxylation is 1. The number of anilines is 1. The van der Waals surface area contributed by atoms with Crippen LogP contribution in [0.2, 0.25) is 0 Å². The standard InChI is InChI=1S/C24H19NO3/c1-16-11-13-17(14-12-16)20(26)15-25-22-19-9-5-6-10-21(19)28-24(22)23(27)18-7-3-2-4-8-18/h2-14,25H,15H2,1H3. The van der Waals surface area contributed by atoms with Gasteiger partial charge in [-0.2, -0.15) is 0 Å². The second-order valence-corrected chi connectivity index (χ2v) is 6.64. The molecule has 0 amide bonds. The van der Waals surface area contributed by atoms with Gasteiger partial charge in [0.2, 0.25) is 5.78 Å². The van der Waals surface area contributed by atoms with Crippen molar-refractivity contribution in [2.75, 3.05) is 11.9 Å². The highest BCUT2D eigenvalue weighted by Crippen LogP contribution is 2.32. The van der Waals surface area contributed by atoms with Gasteiger partial charge >= 0.3 is 0 Å². The number of nitrogens with one attached hydrogen (secondary N) is 1. The molecule has 138 valence electrons. The molecule has 0 aliphatic rings. The van der Waals surface area contributed by atoms with Crippen LogP contribution in [0, 0.1) is 6.92 Å². The molecule has 0 bridgehead atoms. The van der Waals surface area contributed by atoms with Gasteiger partial charge < -0.3 is 9.73 Å². The van der Waals surface area contributed by atoms with Crippen molar-refractivity contribution in [3.63, 3.8) is 0 Å². The van der Waals surface area contributed by atoms with Crippen LogP contribution >= 0.6 is 0 Å². The molecule has 1 aromatic heterocycles. The monoisotopic (exact) mass is 369 g/mol. The number of Topliss-reactive ketones (excluding diaryl/α,β-unsaturated/α-hetero) is 1. The maximum Gasteiger partial charge on any atom is 0.230 e. The summed E-state index contributed by atoms with van der Waals surface area (Å²) in [4.78, 5) is 25.5. The first-order valence-corrected chi connectivity index (χ1v) is 9.08. The molecule has 0 radical (unpaired) electrons. The third-order valence-electron chi connectivity index (χ3n) is 4.64. The zero-order chi connectivity index (χ0) is 19.5. The van der Waals surface area contributed by atoms with E-state index in [0.29, 0.717) is 22.4 Å². The lowest BCUT2D eigenvalue weighted by atomic mass is 10.1. The van der Waals surface area contributed by atoms with Gasteiger partial charge in [0, 0.05) is 16.5 Å². The minimum Gasteiger partial charge on any atom is -0.450 e. The van der Waals surface area contributed by atoms with Crippen LogP contribution < -0.4 is 5.32 Å². The smallest absolute Gasteiger partial charge is 0.230 e. The molecule has 0 aliphatic heterocycles. The van der Waals surface area contributed by atoms with E-state index in [2.05, 4.69) is 5.32 Å². The summed E-state index contributed by atoms with van der Waals surface area (Å²) in [6.45, 7) is 2.05. The van der Waals surface area contributed by atoms with Crippen LogP contribution in [-0.2, 0) is 0 Å². The number of para-hydroxylation sites is 1. The molecular weight excluding hydrogens is 350 g/mol. The van der Waals surface area contributed by atoms with Gasteiger partial charge in [-0.3, -0.25) is 9.59 Å². The van der Waals surface area contributed by atoms with Crippen molar-refractivity contribution in [1.29, 1.82) is 0 Å². The minimum atomic E-state index is -0.220. The highest BCUT2D eigenvalue weighted by molar-refractivity contribution is 6.15. The third-order valence-corrected chi connectivity index (χ3v) is 4.64. The van der Waals surface area contributed by atoms with Crippen LogP contribution in [0.3, 0.4) is 0 Å². The molecule has 0 unspecified atom stereocenters. The van der Waals surface area contributed by atoms with Gasteiger partial charge in [0.05, 0.1) is 12.2 Å². The first kappa shape index (κ1) is 17.7. The molecule has 28 heavy (non-hydrogen) atoms. The van der Waals surface area contributed by atoms with Crippen LogP contribution in [0.15, 0.2) is 83.3 Å². The Morgan fingerprint density at radius 3 is 2.25 bits per heavy atom. The fourth-order valence-electron chi connectivity index (χ4n) is 3.11. The van der Waals surface area contributed by atoms with Gasteiger partial charge in [-0.25, -0.2) is 0 Å². The van der Waals surface area contributed by atoms with Gasteiger partial charge in [-0.1, -0.05) is 72.3 Å². The van der Waals surface area contributed by atoms with Crippen LogP contribution in [0.1, 0.15) is 32.0 Å². The van der Waals surface area contributed by atoms with Crippen molar-refractivity contribution in [3.05, 3.63) is 101 Å². The molecule has 4 rings (SSSR count). The SMILES string of the molecule is Cc1ccc(C(=O)CNc2c(C(=O)c3ccccc3)oc3ccccc23)cc1. The lowest BCUT2D eigenvalue weighted by molar-refractivity contribution is 0.0997. The number of furan rings is 1. The summed E-state index contributed by atoms with van der Waals surface area (Å²) < 4.78 is 5.85. The van der Waals surface area contributed by atoms with Crippen molar-refractivity contribution >= 4 is 28.2 Å². The fourth-order valence-corrected chi connectivity index (χ4v) is 3.11. The molecule has 0 saturated carbocycles. The van der Waals surface area contributed by atoms with E-state index in [0.717, 1.165) is 10.9 Å². The number of hydrogen-bond donors (Lipinski definition) is 1. The van der Waals surface area contributed by atoms with Crippen molar-refractivity contribution in [2.24, 2.45) is 0 Å². The summed E-state index contributed by atoms with van der Waals surface area (Å²) in [6.07, 6.45) is 0. The second-order valence-electron chi connectivity index (χ2n) is 6.64. The van der Waals surface area contributed by atoms with E-state index < -0.39 is 0 Å². The molecule has 1 heterocycles. The Hall–Kier alpha value is -3.66. The van der Waals surface area contributed by atoms with Crippen molar-refractivity contribution in [1.82, 2.24) is 0 Å².